The summed E-state index contributed by atoms with van der Waals surface area (Å²) in [6.07, 6.45) is 3.11. The molecule has 25 heavy (non-hydrogen) atoms. The predicted octanol–water partition coefficient (Wildman–Crippen LogP) is 1.98. The van der Waals surface area contributed by atoms with Crippen molar-refractivity contribution < 1.29 is 19.4 Å². The average Bonchev–Trinajstić information content (AvgIpc) is 3.14. The number of benzene rings is 2. The van der Waals surface area contributed by atoms with E-state index >= 15 is 0 Å². The summed E-state index contributed by atoms with van der Waals surface area (Å²) in [4.78, 5) is 29.9. The summed E-state index contributed by atoms with van der Waals surface area (Å²) in [6.45, 7) is -0.243. The van der Waals surface area contributed by atoms with Crippen molar-refractivity contribution in [1.82, 2.24) is 9.97 Å². The Hall–Kier alpha value is -3.19. The van der Waals surface area contributed by atoms with E-state index in [-0.39, 0.29) is 18.8 Å². The van der Waals surface area contributed by atoms with Gasteiger partial charge in [0.1, 0.15) is 24.2 Å². The van der Waals surface area contributed by atoms with Crippen LogP contribution in [-0.4, -0.2) is 39.5 Å². The molecule has 1 atom stereocenters. The van der Waals surface area contributed by atoms with E-state index in [1.54, 1.807) is 18.5 Å². The molecule has 128 valence electrons. The number of H-pyrrole nitrogens is 1. The Morgan fingerprint density at radius 1 is 1.28 bits per heavy atom. The van der Waals surface area contributed by atoms with Crippen LogP contribution in [0.15, 0.2) is 48.8 Å². The number of carbonyl (C=O) groups excluding carboxylic acids is 1. The number of ether oxygens (including phenoxy) is 1. The number of hydrogen-bond donors (Lipinski definition) is 3. The SMILES string of the molecule is NC(CC(=O)COc1cc(-c2ncc[nH]2)cc2ccccc12)C(=O)O. The normalized spacial score (nSPS) is 12.0. The first-order valence-corrected chi connectivity index (χ1v) is 7.70. The van der Waals surface area contributed by atoms with Gasteiger partial charge in [-0.1, -0.05) is 24.3 Å². The van der Waals surface area contributed by atoms with Crippen LogP contribution < -0.4 is 10.5 Å². The number of Topliss-reactive ketones (excluding diaryl/α,β-unsaturated/α-hetero) is 1. The van der Waals surface area contributed by atoms with Gasteiger partial charge in [-0.25, -0.2) is 4.98 Å². The third-order valence-electron chi connectivity index (χ3n) is 3.75. The zero-order valence-corrected chi connectivity index (χ0v) is 13.3. The van der Waals surface area contributed by atoms with Crippen LogP contribution in [0.5, 0.6) is 5.75 Å². The molecule has 2 aromatic carbocycles. The molecule has 1 heterocycles. The molecule has 0 bridgehead atoms. The average molecular weight is 339 g/mol. The number of fused-ring (bicyclic) bond motifs is 1. The van der Waals surface area contributed by atoms with E-state index in [9.17, 15) is 9.59 Å². The fourth-order valence-corrected chi connectivity index (χ4v) is 2.50. The lowest BCUT2D eigenvalue weighted by Gasteiger charge is -2.12. The standard InChI is InChI=1S/C18H17N3O4/c19-15(18(23)24)9-13(22)10-25-16-8-12(17-20-5-6-21-17)7-11-3-1-2-4-14(11)16/h1-8,15H,9-10,19H2,(H,20,21)(H,23,24). The first kappa shape index (κ1) is 16.7. The second kappa shape index (κ2) is 7.14. The number of carboxylic acids is 1. The van der Waals surface area contributed by atoms with Crippen LogP contribution in [0.25, 0.3) is 22.2 Å². The monoisotopic (exact) mass is 339 g/mol. The Kier molecular flexibility index (Phi) is 4.76. The van der Waals surface area contributed by atoms with Crippen molar-refractivity contribution in [3.05, 3.63) is 48.8 Å². The van der Waals surface area contributed by atoms with Crippen molar-refractivity contribution in [1.29, 1.82) is 0 Å². The Bertz CT molecular complexity index is 906. The van der Waals surface area contributed by atoms with Gasteiger partial charge in [0.25, 0.3) is 0 Å². The van der Waals surface area contributed by atoms with Gasteiger partial charge in [0, 0.05) is 29.8 Å². The summed E-state index contributed by atoms with van der Waals surface area (Å²) in [6, 6.07) is 10.2. The highest BCUT2D eigenvalue weighted by Crippen LogP contribution is 2.31. The molecule has 7 nitrogen and oxygen atoms in total. The maximum absolute atomic E-state index is 11.9. The molecular weight excluding hydrogens is 322 g/mol. The molecule has 0 amide bonds. The number of rotatable bonds is 7. The van der Waals surface area contributed by atoms with Crippen molar-refractivity contribution in [2.75, 3.05) is 6.61 Å². The molecule has 4 N–H and O–H groups in total. The number of aromatic amines is 1. The third kappa shape index (κ3) is 3.84. The maximum Gasteiger partial charge on any atom is 0.320 e. The summed E-state index contributed by atoms with van der Waals surface area (Å²) in [7, 11) is 0. The van der Waals surface area contributed by atoms with Crippen LogP contribution in [0.3, 0.4) is 0 Å². The fourth-order valence-electron chi connectivity index (χ4n) is 2.50. The topological polar surface area (TPSA) is 118 Å². The van der Waals surface area contributed by atoms with Crippen molar-refractivity contribution >= 4 is 22.5 Å². The maximum atomic E-state index is 11.9. The minimum absolute atomic E-state index is 0.243. The van der Waals surface area contributed by atoms with E-state index < -0.39 is 12.0 Å². The molecule has 1 unspecified atom stereocenters. The minimum Gasteiger partial charge on any atom is -0.485 e. The van der Waals surface area contributed by atoms with E-state index in [1.165, 1.54) is 0 Å². The molecule has 1 aromatic heterocycles. The van der Waals surface area contributed by atoms with Gasteiger partial charge in [0.05, 0.1) is 0 Å². The van der Waals surface area contributed by atoms with Gasteiger partial charge in [-0.2, -0.15) is 0 Å². The molecule has 0 radical (unpaired) electrons. The molecule has 0 fully saturated rings. The summed E-state index contributed by atoms with van der Waals surface area (Å²) in [5, 5.41) is 10.6. The van der Waals surface area contributed by atoms with Crippen LogP contribution in [0.1, 0.15) is 6.42 Å². The summed E-state index contributed by atoms with van der Waals surface area (Å²) in [5.74, 6) is -0.363. The van der Waals surface area contributed by atoms with Crippen molar-refractivity contribution in [2.45, 2.75) is 12.5 Å². The first-order chi connectivity index (χ1) is 12.0. The number of imidazole rings is 1. The summed E-state index contributed by atoms with van der Waals surface area (Å²) >= 11 is 0. The molecule has 0 aliphatic carbocycles. The smallest absolute Gasteiger partial charge is 0.320 e. The van der Waals surface area contributed by atoms with E-state index in [1.807, 2.05) is 30.3 Å². The number of hydrogen-bond acceptors (Lipinski definition) is 5. The molecule has 0 saturated heterocycles. The Balaban J connectivity index is 1.85. The van der Waals surface area contributed by atoms with Gasteiger partial charge in [-0.3, -0.25) is 9.59 Å². The summed E-state index contributed by atoms with van der Waals surface area (Å²) < 4.78 is 5.66. The zero-order valence-electron chi connectivity index (χ0n) is 13.3. The van der Waals surface area contributed by atoms with Crippen molar-refractivity contribution in [3.63, 3.8) is 0 Å². The molecule has 0 aliphatic heterocycles. The number of nitrogens with one attached hydrogen (secondary N) is 1. The Morgan fingerprint density at radius 3 is 2.80 bits per heavy atom. The van der Waals surface area contributed by atoms with Crippen LogP contribution in [0.4, 0.5) is 0 Å². The second-order valence-electron chi connectivity index (χ2n) is 5.61. The molecule has 7 heteroatoms. The van der Waals surface area contributed by atoms with Crippen LogP contribution in [-0.2, 0) is 9.59 Å². The molecule has 0 spiro atoms. The van der Waals surface area contributed by atoms with E-state index in [2.05, 4.69) is 9.97 Å². The van der Waals surface area contributed by atoms with Gasteiger partial charge in [0.15, 0.2) is 5.78 Å². The fraction of sp³-hybridized carbons (Fsp3) is 0.167. The van der Waals surface area contributed by atoms with Gasteiger partial charge in [-0.15, -0.1) is 0 Å². The molecular formula is C18H17N3O4. The number of nitrogens with two attached hydrogens (primary N) is 1. The van der Waals surface area contributed by atoms with Crippen LogP contribution in [0, 0.1) is 0 Å². The molecule has 0 saturated carbocycles. The Labute approximate surface area is 143 Å². The van der Waals surface area contributed by atoms with Crippen LogP contribution in [0.2, 0.25) is 0 Å². The highest BCUT2D eigenvalue weighted by atomic mass is 16.5. The molecule has 3 rings (SSSR count). The van der Waals surface area contributed by atoms with Gasteiger partial charge >= 0.3 is 5.97 Å². The van der Waals surface area contributed by atoms with Crippen molar-refractivity contribution in [2.24, 2.45) is 5.73 Å². The van der Waals surface area contributed by atoms with Gasteiger partial charge < -0.3 is 20.6 Å². The predicted molar refractivity (Wildman–Crippen MR) is 92.3 cm³/mol. The third-order valence-corrected chi connectivity index (χ3v) is 3.75. The summed E-state index contributed by atoms with van der Waals surface area (Å²) in [5.41, 5.74) is 6.20. The number of carboxylic acid groups (broad SMARTS) is 1. The van der Waals surface area contributed by atoms with E-state index in [0.29, 0.717) is 11.6 Å². The minimum atomic E-state index is -1.22. The largest absolute Gasteiger partial charge is 0.485 e. The van der Waals surface area contributed by atoms with E-state index in [0.717, 1.165) is 16.3 Å². The lowest BCUT2D eigenvalue weighted by atomic mass is 10.1. The molecule has 0 aliphatic rings. The number of ketones is 1. The number of aromatic nitrogens is 2. The zero-order chi connectivity index (χ0) is 17.8. The first-order valence-electron chi connectivity index (χ1n) is 7.70. The van der Waals surface area contributed by atoms with Gasteiger partial charge in [0.2, 0.25) is 0 Å². The number of aliphatic carboxylic acids is 1. The quantitative estimate of drug-likeness (QED) is 0.606. The van der Waals surface area contributed by atoms with Crippen LogP contribution >= 0.6 is 0 Å². The second-order valence-corrected chi connectivity index (χ2v) is 5.61. The lowest BCUT2D eigenvalue weighted by molar-refractivity contribution is -0.140. The van der Waals surface area contributed by atoms with Crippen molar-refractivity contribution in [3.8, 4) is 17.1 Å². The molecule has 3 aromatic rings. The number of nitrogens with zero attached hydrogens (tertiary/aromatic N) is 1. The van der Waals surface area contributed by atoms with E-state index in [4.69, 9.17) is 15.6 Å². The lowest BCUT2D eigenvalue weighted by Crippen LogP contribution is -2.33. The number of carbonyl (C=O) groups is 2. The van der Waals surface area contributed by atoms with Gasteiger partial charge in [-0.05, 0) is 17.5 Å². The highest BCUT2D eigenvalue weighted by molar-refractivity contribution is 5.92. The Morgan fingerprint density at radius 2 is 2.08 bits per heavy atom. The highest BCUT2D eigenvalue weighted by Gasteiger charge is 2.17.